The van der Waals surface area contributed by atoms with Crippen molar-refractivity contribution in [3.05, 3.63) is 0 Å². The van der Waals surface area contributed by atoms with E-state index in [-0.39, 0.29) is 17.4 Å². The molecule has 0 aliphatic heterocycles. The van der Waals surface area contributed by atoms with E-state index in [1.54, 1.807) is 0 Å². The fourth-order valence-corrected chi connectivity index (χ4v) is 0.823. The molecule has 0 aromatic heterocycles. The third-order valence-corrected chi connectivity index (χ3v) is 1.82. The molecule has 2 nitrogen and oxygen atoms in total. The van der Waals surface area contributed by atoms with Gasteiger partial charge in [-0.1, -0.05) is 27.7 Å². The summed E-state index contributed by atoms with van der Waals surface area (Å²) in [5, 5.41) is 9.43. The lowest BCUT2D eigenvalue weighted by molar-refractivity contribution is -0.116. The lowest BCUT2D eigenvalue weighted by atomic mass is 9.85. The van der Waals surface area contributed by atoms with Crippen molar-refractivity contribution in [3.8, 4) is 0 Å². The van der Waals surface area contributed by atoms with Crippen LogP contribution in [-0.2, 0) is 4.79 Å². The normalized spacial score (nSPS) is 15.1. The molecule has 1 atom stereocenters. The maximum atomic E-state index is 10.5. The lowest BCUT2D eigenvalue weighted by Crippen LogP contribution is -2.25. The third-order valence-electron chi connectivity index (χ3n) is 1.82. The smallest absolute Gasteiger partial charge is 0.125 e. The van der Waals surface area contributed by atoms with Crippen LogP contribution in [-0.4, -0.2) is 17.5 Å². The van der Waals surface area contributed by atoms with Gasteiger partial charge >= 0.3 is 0 Å². The van der Waals surface area contributed by atoms with Crippen molar-refractivity contribution in [2.75, 3.05) is 0 Å². The van der Waals surface area contributed by atoms with Gasteiger partial charge in [0, 0.05) is 5.41 Å². The van der Waals surface area contributed by atoms with E-state index in [0.29, 0.717) is 6.42 Å². The Kier molecular flexibility index (Phi) is 3.73. The quantitative estimate of drug-likeness (QED) is 0.631. The van der Waals surface area contributed by atoms with Gasteiger partial charge in [-0.2, -0.15) is 0 Å². The van der Waals surface area contributed by atoms with Crippen molar-refractivity contribution in [3.63, 3.8) is 0 Å². The maximum Gasteiger partial charge on any atom is 0.125 e. The van der Waals surface area contributed by atoms with Crippen LogP contribution in [0.2, 0.25) is 0 Å². The zero-order valence-corrected chi connectivity index (χ0v) is 7.79. The minimum atomic E-state index is -0.385. The van der Waals surface area contributed by atoms with E-state index in [0.717, 1.165) is 6.29 Å². The molecule has 0 saturated carbocycles. The molecule has 0 saturated heterocycles. The van der Waals surface area contributed by atoms with Crippen molar-refractivity contribution in [2.24, 2.45) is 11.3 Å². The largest absolute Gasteiger partial charge is 0.393 e. The summed E-state index contributed by atoms with van der Waals surface area (Å²) in [5.41, 5.74) is -0.385. The van der Waals surface area contributed by atoms with Crippen molar-refractivity contribution in [1.82, 2.24) is 0 Å². The number of carbonyl (C=O) groups is 1. The van der Waals surface area contributed by atoms with Gasteiger partial charge in [0.25, 0.3) is 0 Å². The molecule has 0 spiro atoms. The molecule has 0 aliphatic carbocycles. The van der Waals surface area contributed by atoms with Crippen molar-refractivity contribution in [1.29, 1.82) is 0 Å². The van der Waals surface area contributed by atoms with Gasteiger partial charge in [-0.05, 0) is 12.3 Å². The summed E-state index contributed by atoms with van der Waals surface area (Å²) in [6, 6.07) is 0. The van der Waals surface area contributed by atoms with Crippen molar-refractivity contribution >= 4 is 6.29 Å². The molecule has 0 fully saturated rings. The van der Waals surface area contributed by atoms with Gasteiger partial charge in [0.2, 0.25) is 0 Å². The lowest BCUT2D eigenvalue weighted by Gasteiger charge is -2.23. The number of aliphatic hydroxyl groups is 1. The average molecular weight is 158 g/mol. The first-order chi connectivity index (χ1) is 4.89. The molecule has 11 heavy (non-hydrogen) atoms. The highest BCUT2D eigenvalue weighted by molar-refractivity contribution is 5.57. The monoisotopic (exact) mass is 158 g/mol. The molecular formula is C9H18O2. The van der Waals surface area contributed by atoms with E-state index in [1.807, 2.05) is 27.7 Å². The van der Waals surface area contributed by atoms with Gasteiger partial charge in [0.05, 0.1) is 6.10 Å². The molecule has 0 amide bonds. The summed E-state index contributed by atoms with van der Waals surface area (Å²) in [6.45, 7) is 7.58. The maximum absolute atomic E-state index is 10.5. The van der Waals surface area contributed by atoms with Gasteiger partial charge in [0.1, 0.15) is 6.29 Å². The zero-order valence-electron chi connectivity index (χ0n) is 7.79. The van der Waals surface area contributed by atoms with E-state index in [1.165, 1.54) is 0 Å². The van der Waals surface area contributed by atoms with Crippen LogP contribution in [0.5, 0.6) is 0 Å². The van der Waals surface area contributed by atoms with Gasteiger partial charge in [-0.25, -0.2) is 0 Å². The molecule has 1 unspecified atom stereocenters. The number of rotatable bonds is 4. The Labute approximate surface area is 68.6 Å². The van der Waals surface area contributed by atoms with Gasteiger partial charge in [-0.3, -0.25) is 0 Å². The summed E-state index contributed by atoms with van der Waals surface area (Å²) in [4.78, 5) is 10.5. The molecule has 0 bridgehead atoms. The number of carbonyl (C=O) groups excluding carboxylic acids is 1. The molecule has 1 N–H and O–H groups in total. The van der Waals surface area contributed by atoms with E-state index < -0.39 is 0 Å². The van der Waals surface area contributed by atoms with E-state index in [4.69, 9.17) is 0 Å². The topological polar surface area (TPSA) is 37.3 Å². The number of aldehydes is 1. The van der Waals surface area contributed by atoms with Crippen molar-refractivity contribution < 1.29 is 9.90 Å². The van der Waals surface area contributed by atoms with Crippen LogP contribution in [0, 0.1) is 11.3 Å². The van der Waals surface area contributed by atoms with E-state index >= 15 is 0 Å². The Morgan fingerprint density at radius 3 is 2.18 bits per heavy atom. The fourth-order valence-electron chi connectivity index (χ4n) is 0.823. The summed E-state index contributed by atoms with van der Waals surface area (Å²) < 4.78 is 0. The highest BCUT2D eigenvalue weighted by Crippen LogP contribution is 2.22. The van der Waals surface area contributed by atoms with Gasteiger partial charge < -0.3 is 9.90 Å². The molecule has 0 rings (SSSR count). The predicted octanol–water partition coefficient (Wildman–Crippen LogP) is 1.62. The predicted molar refractivity (Wildman–Crippen MR) is 45.3 cm³/mol. The standard InChI is InChI=1S/C9H18O2/c1-7(2)8(11)5-9(3,4)6-10/h6-8,11H,5H2,1-4H3. The Morgan fingerprint density at radius 2 is 1.91 bits per heavy atom. The summed E-state index contributed by atoms with van der Waals surface area (Å²) in [6.07, 6.45) is 1.09. The third kappa shape index (κ3) is 4.14. The average Bonchev–Trinajstić information content (AvgIpc) is 1.87. The van der Waals surface area contributed by atoms with Gasteiger partial charge in [-0.15, -0.1) is 0 Å². The SMILES string of the molecule is CC(C)C(O)CC(C)(C)C=O. The minimum absolute atomic E-state index is 0.231. The van der Waals surface area contributed by atoms with Crippen molar-refractivity contribution in [2.45, 2.75) is 40.2 Å². The number of hydrogen-bond acceptors (Lipinski definition) is 2. The first kappa shape index (κ1) is 10.6. The van der Waals surface area contributed by atoms with Crippen LogP contribution < -0.4 is 0 Å². The molecule has 2 heteroatoms. The highest BCUT2D eigenvalue weighted by atomic mass is 16.3. The highest BCUT2D eigenvalue weighted by Gasteiger charge is 2.22. The number of hydrogen-bond donors (Lipinski definition) is 1. The Morgan fingerprint density at radius 1 is 1.45 bits per heavy atom. The Balaban J connectivity index is 3.93. The van der Waals surface area contributed by atoms with Crippen LogP contribution >= 0.6 is 0 Å². The van der Waals surface area contributed by atoms with E-state index in [9.17, 15) is 9.90 Å². The van der Waals surface area contributed by atoms with Crippen LogP contribution in [0.3, 0.4) is 0 Å². The van der Waals surface area contributed by atoms with E-state index in [2.05, 4.69) is 0 Å². The summed E-state index contributed by atoms with van der Waals surface area (Å²) in [5.74, 6) is 0.231. The second kappa shape index (κ2) is 3.86. The number of aliphatic hydroxyl groups excluding tert-OH is 1. The molecular weight excluding hydrogens is 140 g/mol. The van der Waals surface area contributed by atoms with Crippen LogP contribution in [0.4, 0.5) is 0 Å². The van der Waals surface area contributed by atoms with Crippen LogP contribution in [0.25, 0.3) is 0 Å². The fraction of sp³-hybridized carbons (Fsp3) is 0.889. The second-order valence-electron chi connectivity index (χ2n) is 4.12. The van der Waals surface area contributed by atoms with Crippen LogP contribution in [0.1, 0.15) is 34.1 Å². The molecule has 66 valence electrons. The zero-order chi connectivity index (χ0) is 9.07. The first-order valence-electron chi connectivity index (χ1n) is 4.03. The van der Waals surface area contributed by atoms with Crippen LogP contribution in [0.15, 0.2) is 0 Å². The molecule has 0 aromatic carbocycles. The Bertz CT molecular complexity index is 128. The molecule has 0 aromatic rings. The minimum Gasteiger partial charge on any atom is -0.393 e. The summed E-state index contributed by atoms with van der Waals surface area (Å²) in [7, 11) is 0. The second-order valence-corrected chi connectivity index (χ2v) is 4.12. The Hall–Kier alpha value is -0.370. The first-order valence-corrected chi connectivity index (χ1v) is 4.03. The molecule has 0 heterocycles. The summed E-state index contributed by atoms with van der Waals surface area (Å²) >= 11 is 0. The molecule has 0 aliphatic rings. The molecule has 0 radical (unpaired) electrons. The van der Waals surface area contributed by atoms with Gasteiger partial charge in [0.15, 0.2) is 0 Å².